The molecule has 2 aromatic rings. The zero-order valence-electron chi connectivity index (χ0n) is 13.4. The minimum atomic E-state index is -3.26. The molecule has 7 nitrogen and oxygen atoms in total. The van der Waals surface area contributed by atoms with Gasteiger partial charge in [0.1, 0.15) is 0 Å². The summed E-state index contributed by atoms with van der Waals surface area (Å²) in [5.74, 6) is -1.36. The molecule has 0 aliphatic carbocycles. The van der Waals surface area contributed by atoms with Crippen molar-refractivity contribution in [3.63, 3.8) is 0 Å². The molecule has 0 saturated carbocycles. The molecule has 0 atom stereocenters. The van der Waals surface area contributed by atoms with Crippen LogP contribution in [0.15, 0.2) is 24.3 Å². The van der Waals surface area contributed by atoms with Crippen molar-refractivity contribution in [2.45, 2.75) is 19.6 Å². The maximum atomic E-state index is 13.8. The molecule has 1 aromatic heterocycles. The Bertz CT molecular complexity index is 929. The molecule has 25 heavy (non-hydrogen) atoms. The van der Waals surface area contributed by atoms with Gasteiger partial charge in [0.05, 0.1) is 47.9 Å². The summed E-state index contributed by atoms with van der Waals surface area (Å²) in [5, 5.41) is 6.80. The van der Waals surface area contributed by atoms with Crippen molar-refractivity contribution in [1.82, 2.24) is 19.4 Å². The fourth-order valence-corrected chi connectivity index (χ4v) is 3.57. The fourth-order valence-electron chi connectivity index (χ4n) is 2.62. The summed E-state index contributed by atoms with van der Waals surface area (Å²) in [7, 11) is -3.26. The van der Waals surface area contributed by atoms with Crippen LogP contribution in [0.25, 0.3) is 0 Å². The Morgan fingerprint density at radius 3 is 2.88 bits per heavy atom. The molecular formula is C15H16ClFN4O3S. The number of amides is 1. The highest BCUT2D eigenvalue weighted by atomic mass is 35.5. The Balaban J connectivity index is 1.68. The van der Waals surface area contributed by atoms with E-state index in [1.165, 1.54) is 28.8 Å². The first-order chi connectivity index (χ1) is 11.8. The summed E-state index contributed by atoms with van der Waals surface area (Å²) in [4.78, 5) is 12.1. The lowest BCUT2D eigenvalue weighted by Crippen LogP contribution is -2.37. The number of carbonyl (C=O) groups is 1. The number of aromatic nitrogens is 2. The smallest absolute Gasteiger partial charge is 0.254 e. The van der Waals surface area contributed by atoms with Crippen molar-refractivity contribution in [2.75, 3.05) is 12.8 Å². The molecule has 0 spiro atoms. The van der Waals surface area contributed by atoms with E-state index in [4.69, 9.17) is 11.6 Å². The highest BCUT2D eigenvalue weighted by molar-refractivity contribution is 7.88. The second kappa shape index (κ2) is 6.74. The van der Waals surface area contributed by atoms with Crippen molar-refractivity contribution in [1.29, 1.82) is 0 Å². The van der Waals surface area contributed by atoms with Gasteiger partial charge in [-0.25, -0.2) is 12.8 Å². The Morgan fingerprint density at radius 2 is 2.16 bits per heavy atom. The Kier molecular flexibility index (Phi) is 4.81. The van der Waals surface area contributed by atoms with Gasteiger partial charge < -0.3 is 5.32 Å². The number of hydrogen-bond donors (Lipinski definition) is 1. The van der Waals surface area contributed by atoms with Gasteiger partial charge in [-0.05, 0) is 18.2 Å². The molecule has 10 heteroatoms. The van der Waals surface area contributed by atoms with Crippen LogP contribution in [0, 0.1) is 5.82 Å². The standard InChI is InChI=1S/C15H16ClFN4O3S/c1-25(23,24)20-5-6-21-11(9-20)7-10(19-21)8-18-15(22)12-3-2-4-13(16)14(12)17/h2-4,7H,5-6,8-9H2,1H3,(H,18,22). The van der Waals surface area contributed by atoms with Crippen molar-refractivity contribution in [2.24, 2.45) is 0 Å². The van der Waals surface area contributed by atoms with Gasteiger partial charge >= 0.3 is 0 Å². The summed E-state index contributed by atoms with van der Waals surface area (Å²) in [5.41, 5.74) is 1.18. The second-order valence-electron chi connectivity index (χ2n) is 5.73. The van der Waals surface area contributed by atoms with Gasteiger partial charge in [-0.3, -0.25) is 9.48 Å². The van der Waals surface area contributed by atoms with Gasteiger partial charge in [0, 0.05) is 6.54 Å². The molecule has 0 fully saturated rings. The second-order valence-corrected chi connectivity index (χ2v) is 8.12. The summed E-state index contributed by atoms with van der Waals surface area (Å²) < 4.78 is 40.2. The van der Waals surface area contributed by atoms with Crippen LogP contribution in [0.5, 0.6) is 0 Å². The SMILES string of the molecule is CS(=O)(=O)N1CCn2nc(CNC(=O)c3cccc(Cl)c3F)cc2C1. The van der Waals surface area contributed by atoms with Gasteiger partial charge in [-0.1, -0.05) is 17.7 Å². The number of rotatable bonds is 4. The molecule has 0 unspecified atom stereocenters. The average molecular weight is 387 g/mol. The number of nitrogens with one attached hydrogen (secondary N) is 1. The van der Waals surface area contributed by atoms with Crippen LogP contribution in [-0.4, -0.2) is 41.2 Å². The van der Waals surface area contributed by atoms with Crippen molar-refractivity contribution >= 4 is 27.5 Å². The van der Waals surface area contributed by atoms with Crippen molar-refractivity contribution in [3.05, 3.63) is 52.1 Å². The normalized spacial score (nSPS) is 15.0. The van der Waals surface area contributed by atoms with E-state index < -0.39 is 21.7 Å². The average Bonchev–Trinajstić information content (AvgIpc) is 2.96. The number of benzene rings is 1. The summed E-state index contributed by atoms with van der Waals surface area (Å²) in [6.07, 6.45) is 1.17. The zero-order chi connectivity index (χ0) is 18.2. The monoisotopic (exact) mass is 386 g/mol. The number of fused-ring (bicyclic) bond motifs is 1. The fraction of sp³-hybridized carbons (Fsp3) is 0.333. The van der Waals surface area contributed by atoms with E-state index >= 15 is 0 Å². The molecule has 1 aliphatic heterocycles. The van der Waals surface area contributed by atoms with Crippen LogP contribution in [-0.2, 0) is 29.7 Å². The topological polar surface area (TPSA) is 84.3 Å². The third-order valence-electron chi connectivity index (χ3n) is 3.91. The first kappa shape index (κ1) is 17.8. The zero-order valence-corrected chi connectivity index (χ0v) is 14.9. The largest absolute Gasteiger partial charge is 0.346 e. The molecule has 0 saturated heterocycles. The minimum Gasteiger partial charge on any atom is -0.346 e. The quantitative estimate of drug-likeness (QED) is 0.860. The molecule has 0 bridgehead atoms. The first-order valence-corrected chi connectivity index (χ1v) is 9.71. The molecule has 1 aliphatic rings. The third kappa shape index (κ3) is 3.83. The van der Waals surface area contributed by atoms with E-state index in [1.54, 1.807) is 10.7 Å². The van der Waals surface area contributed by atoms with E-state index in [9.17, 15) is 17.6 Å². The molecular weight excluding hydrogens is 371 g/mol. The van der Waals surface area contributed by atoms with Gasteiger partial charge in [-0.15, -0.1) is 0 Å². The Labute approximate surface area is 149 Å². The van der Waals surface area contributed by atoms with E-state index in [1.807, 2.05) is 0 Å². The van der Waals surface area contributed by atoms with Gasteiger partial charge in [0.25, 0.3) is 5.91 Å². The maximum Gasteiger partial charge on any atom is 0.254 e. The number of sulfonamides is 1. The third-order valence-corrected chi connectivity index (χ3v) is 5.45. The van der Waals surface area contributed by atoms with Crippen molar-refractivity contribution in [3.8, 4) is 0 Å². The summed E-state index contributed by atoms with van der Waals surface area (Å²) in [6, 6.07) is 5.94. The highest BCUT2D eigenvalue weighted by Gasteiger charge is 2.24. The van der Waals surface area contributed by atoms with Crippen LogP contribution < -0.4 is 5.32 Å². The van der Waals surface area contributed by atoms with Crippen LogP contribution >= 0.6 is 11.6 Å². The lowest BCUT2D eigenvalue weighted by molar-refractivity contribution is 0.0946. The van der Waals surface area contributed by atoms with Gasteiger partial charge in [0.15, 0.2) is 5.82 Å². The Morgan fingerprint density at radius 1 is 1.40 bits per heavy atom. The number of nitrogens with zero attached hydrogens (tertiary/aromatic N) is 3. The molecule has 1 aromatic carbocycles. The van der Waals surface area contributed by atoms with E-state index in [-0.39, 0.29) is 23.7 Å². The molecule has 0 radical (unpaired) electrons. The Hall–Kier alpha value is -1.97. The van der Waals surface area contributed by atoms with Crippen LogP contribution in [0.2, 0.25) is 5.02 Å². The predicted octanol–water partition coefficient (Wildman–Crippen LogP) is 1.38. The first-order valence-electron chi connectivity index (χ1n) is 7.48. The number of halogens is 2. The number of hydrogen-bond acceptors (Lipinski definition) is 4. The summed E-state index contributed by atoms with van der Waals surface area (Å²) >= 11 is 5.67. The molecule has 1 N–H and O–H groups in total. The van der Waals surface area contributed by atoms with Crippen LogP contribution in [0.4, 0.5) is 4.39 Å². The molecule has 2 heterocycles. The maximum absolute atomic E-state index is 13.8. The van der Waals surface area contributed by atoms with E-state index in [2.05, 4.69) is 10.4 Å². The molecule has 1 amide bonds. The van der Waals surface area contributed by atoms with Crippen LogP contribution in [0.1, 0.15) is 21.7 Å². The summed E-state index contributed by atoms with van der Waals surface area (Å²) in [6.45, 7) is 1.14. The van der Waals surface area contributed by atoms with E-state index in [0.717, 1.165) is 5.69 Å². The highest BCUT2D eigenvalue weighted by Crippen LogP contribution is 2.18. The minimum absolute atomic E-state index is 0.101. The van der Waals surface area contributed by atoms with E-state index in [0.29, 0.717) is 18.8 Å². The molecule has 134 valence electrons. The van der Waals surface area contributed by atoms with Gasteiger partial charge in [0.2, 0.25) is 10.0 Å². The lowest BCUT2D eigenvalue weighted by atomic mass is 10.2. The van der Waals surface area contributed by atoms with Gasteiger partial charge in [-0.2, -0.15) is 9.40 Å². The predicted molar refractivity (Wildman–Crippen MR) is 90.1 cm³/mol. The van der Waals surface area contributed by atoms with Crippen molar-refractivity contribution < 1.29 is 17.6 Å². The molecule has 3 rings (SSSR count). The van der Waals surface area contributed by atoms with Crippen LogP contribution in [0.3, 0.4) is 0 Å². The lowest BCUT2D eigenvalue weighted by Gasteiger charge is -2.25. The number of carbonyl (C=O) groups excluding carboxylic acids is 1.